The Morgan fingerprint density at radius 2 is 1.81 bits per heavy atom. The fraction of sp³-hybridized carbons (Fsp3) is 0.0909. The predicted molar refractivity (Wildman–Crippen MR) is 119 cm³/mol. The number of fused-ring (bicyclic) bond motifs is 1. The van der Waals surface area contributed by atoms with Gasteiger partial charge in [-0.1, -0.05) is 29.8 Å². The average Bonchev–Trinajstić information content (AvgIpc) is 3.29. The van der Waals surface area contributed by atoms with Crippen LogP contribution in [0.5, 0.6) is 0 Å². The number of anilines is 2. The molecular formula is C22H21N5O4S. The second-order valence-electron chi connectivity index (χ2n) is 6.83. The van der Waals surface area contributed by atoms with Gasteiger partial charge in [0.2, 0.25) is 0 Å². The Morgan fingerprint density at radius 1 is 1.12 bits per heavy atom. The Bertz CT molecular complexity index is 1380. The number of para-hydroxylation sites is 1. The highest BCUT2D eigenvalue weighted by molar-refractivity contribution is 7.85. The third-order valence-electron chi connectivity index (χ3n) is 4.64. The molecule has 10 heteroatoms. The minimum atomic E-state index is -4.27. The van der Waals surface area contributed by atoms with Gasteiger partial charge >= 0.3 is 5.82 Å². The van der Waals surface area contributed by atoms with Crippen molar-refractivity contribution in [2.75, 3.05) is 16.9 Å². The summed E-state index contributed by atoms with van der Waals surface area (Å²) in [6.45, 7) is 2.28. The van der Waals surface area contributed by atoms with Gasteiger partial charge in [-0.15, -0.1) is 4.68 Å². The Labute approximate surface area is 185 Å². The van der Waals surface area contributed by atoms with E-state index in [1.54, 1.807) is 18.4 Å². The fourth-order valence-corrected chi connectivity index (χ4v) is 3.47. The molecule has 4 aromatic rings. The van der Waals surface area contributed by atoms with Gasteiger partial charge in [-0.25, -0.2) is 8.42 Å². The predicted octanol–water partition coefficient (Wildman–Crippen LogP) is 2.40. The van der Waals surface area contributed by atoms with Gasteiger partial charge in [0.05, 0.1) is 23.4 Å². The molecule has 0 aliphatic rings. The van der Waals surface area contributed by atoms with Crippen LogP contribution in [0.25, 0.3) is 10.9 Å². The average molecular weight is 452 g/mol. The molecule has 0 aliphatic carbocycles. The molecule has 0 unspecified atom stereocenters. The number of furan rings is 1. The molecular weight excluding hydrogens is 430 g/mol. The number of nitrogen functional groups attached to an aromatic ring is 2. The maximum atomic E-state index is 10.4. The summed E-state index contributed by atoms with van der Waals surface area (Å²) in [6.07, 6.45) is 1.60. The number of nitrogens with one attached hydrogen (secondary N) is 1. The van der Waals surface area contributed by atoms with Crippen molar-refractivity contribution in [3.63, 3.8) is 0 Å². The molecule has 0 fully saturated rings. The summed E-state index contributed by atoms with van der Waals surface area (Å²) in [6, 6.07) is 19.1. The smallest absolute Gasteiger partial charge is 0.316 e. The van der Waals surface area contributed by atoms with Crippen molar-refractivity contribution >= 4 is 32.5 Å². The van der Waals surface area contributed by atoms with E-state index in [2.05, 4.69) is 11.4 Å². The highest BCUT2D eigenvalue weighted by atomic mass is 32.2. The molecule has 0 saturated carbocycles. The molecule has 0 bridgehead atoms. The first-order valence-corrected chi connectivity index (χ1v) is 10.8. The zero-order valence-electron chi connectivity index (χ0n) is 17.1. The zero-order valence-corrected chi connectivity index (χ0v) is 18.0. The molecule has 0 aliphatic heterocycles. The van der Waals surface area contributed by atoms with Crippen LogP contribution in [0.1, 0.15) is 16.9 Å². The fourth-order valence-electron chi connectivity index (χ4n) is 3.00. The van der Waals surface area contributed by atoms with E-state index < -0.39 is 10.1 Å². The zero-order chi connectivity index (χ0) is 23.3. The van der Waals surface area contributed by atoms with Crippen molar-refractivity contribution in [2.24, 2.45) is 0 Å². The SMILES string of the molecule is Cc1ccc(S(=O)(=O)[O-])cc1.N#Cc1c(NCc2ccco2)c2ccccc2[n+](N)c1N. The Balaban J connectivity index is 0.000000222. The van der Waals surface area contributed by atoms with Crippen LogP contribution < -0.4 is 21.6 Å². The Hall–Kier alpha value is -4.07. The molecule has 0 radical (unpaired) electrons. The van der Waals surface area contributed by atoms with Crippen molar-refractivity contribution in [2.45, 2.75) is 18.4 Å². The third-order valence-corrected chi connectivity index (χ3v) is 5.49. The van der Waals surface area contributed by atoms with Crippen molar-refractivity contribution in [1.29, 1.82) is 5.26 Å². The van der Waals surface area contributed by atoms with Crippen LogP contribution in [-0.4, -0.2) is 13.0 Å². The minimum Gasteiger partial charge on any atom is -0.744 e. The molecule has 4 rings (SSSR count). The number of nitriles is 1. The second-order valence-corrected chi connectivity index (χ2v) is 8.21. The molecule has 2 heterocycles. The summed E-state index contributed by atoms with van der Waals surface area (Å²) in [7, 11) is -4.27. The number of hydrogen-bond donors (Lipinski definition) is 3. The van der Waals surface area contributed by atoms with E-state index in [1.807, 2.05) is 43.3 Å². The lowest BCUT2D eigenvalue weighted by Crippen LogP contribution is -2.48. The summed E-state index contributed by atoms with van der Waals surface area (Å²) in [5, 5.41) is 13.4. The first-order chi connectivity index (χ1) is 15.2. The lowest BCUT2D eigenvalue weighted by atomic mass is 10.1. The summed E-state index contributed by atoms with van der Waals surface area (Å²) in [5.41, 5.74) is 8.61. The summed E-state index contributed by atoms with van der Waals surface area (Å²) < 4.78 is 37.8. The largest absolute Gasteiger partial charge is 0.744 e. The van der Waals surface area contributed by atoms with E-state index in [0.717, 1.165) is 22.2 Å². The van der Waals surface area contributed by atoms with Crippen LogP contribution in [-0.2, 0) is 16.7 Å². The van der Waals surface area contributed by atoms with Gasteiger partial charge in [0.25, 0.3) is 0 Å². The van der Waals surface area contributed by atoms with Crippen molar-refractivity contribution in [3.8, 4) is 6.07 Å². The normalized spacial score (nSPS) is 10.8. The van der Waals surface area contributed by atoms with Crippen LogP contribution >= 0.6 is 0 Å². The lowest BCUT2D eigenvalue weighted by molar-refractivity contribution is -0.596. The van der Waals surface area contributed by atoms with Gasteiger partial charge in [-0.05, 0) is 43.3 Å². The van der Waals surface area contributed by atoms with Crippen molar-refractivity contribution < 1.29 is 22.1 Å². The molecule has 0 amide bonds. The highest BCUT2D eigenvalue weighted by Gasteiger charge is 2.21. The van der Waals surface area contributed by atoms with E-state index in [-0.39, 0.29) is 10.7 Å². The van der Waals surface area contributed by atoms with Crippen LogP contribution in [0.3, 0.4) is 0 Å². The molecule has 2 aromatic heterocycles. The number of hydrogen-bond acceptors (Lipinski definition) is 8. The third kappa shape index (κ3) is 4.97. The van der Waals surface area contributed by atoms with E-state index in [0.29, 0.717) is 17.8 Å². The van der Waals surface area contributed by atoms with Crippen molar-refractivity contribution in [1.82, 2.24) is 0 Å². The first-order valence-electron chi connectivity index (χ1n) is 9.42. The number of pyridine rings is 1. The molecule has 9 nitrogen and oxygen atoms in total. The quantitative estimate of drug-likeness (QED) is 0.242. The molecule has 0 spiro atoms. The maximum Gasteiger partial charge on any atom is 0.316 e. The minimum absolute atomic E-state index is 0.178. The Morgan fingerprint density at radius 3 is 2.41 bits per heavy atom. The number of aryl methyl sites for hydroxylation is 1. The molecule has 164 valence electrons. The topological polar surface area (TPSA) is 162 Å². The number of rotatable bonds is 4. The second kappa shape index (κ2) is 9.38. The molecule has 2 aromatic carbocycles. The number of aromatic nitrogens is 1. The van der Waals surface area contributed by atoms with Gasteiger partial charge in [-0.3, -0.25) is 11.6 Å². The van der Waals surface area contributed by atoms with E-state index in [4.69, 9.17) is 16.0 Å². The van der Waals surface area contributed by atoms with Crippen LogP contribution in [0.4, 0.5) is 11.5 Å². The Kier molecular flexibility index (Phi) is 6.63. The van der Waals surface area contributed by atoms with Crippen molar-refractivity contribution in [3.05, 3.63) is 83.8 Å². The van der Waals surface area contributed by atoms with E-state index in [1.165, 1.54) is 16.8 Å². The van der Waals surface area contributed by atoms with Crippen LogP contribution in [0, 0.1) is 18.3 Å². The van der Waals surface area contributed by atoms with E-state index in [9.17, 15) is 18.2 Å². The van der Waals surface area contributed by atoms with Gasteiger partial charge in [-0.2, -0.15) is 5.26 Å². The number of nitrogens with two attached hydrogens (primary N) is 2. The molecule has 5 N–H and O–H groups in total. The maximum absolute atomic E-state index is 10.4. The summed E-state index contributed by atoms with van der Waals surface area (Å²) in [5.74, 6) is 6.94. The van der Waals surface area contributed by atoms with Gasteiger partial charge in [0, 0.05) is 5.39 Å². The van der Waals surface area contributed by atoms with Gasteiger partial charge < -0.3 is 14.3 Å². The lowest BCUT2D eigenvalue weighted by Gasteiger charge is -2.12. The number of nitrogens with zero attached hydrogens (tertiary/aromatic N) is 2. The van der Waals surface area contributed by atoms with Gasteiger partial charge in [0.15, 0.2) is 11.1 Å². The summed E-state index contributed by atoms with van der Waals surface area (Å²) in [4.78, 5) is -0.178. The highest BCUT2D eigenvalue weighted by Crippen LogP contribution is 2.28. The van der Waals surface area contributed by atoms with Crippen LogP contribution in [0.15, 0.2) is 76.2 Å². The van der Waals surface area contributed by atoms with E-state index >= 15 is 0 Å². The number of benzene rings is 2. The molecule has 0 saturated heterocycles. The molecule has 0 atom stereocenters. The molecule has 32 heavy (non-hydrogen) atoms. The van der Waals surface area contributed by atoms with Gasteiger partial charge in [0.1, 0.15) is 21.9 Å². The standard InChI is InChI=1S/C15H13N5O.C7H8O3S/c16-8-12-14(19-9-10-4-3-7-21-10)11-5-1-2-6-13(11)20(18)15(12)17;1-6-2-4-7(5-3-6)11(8,9)10/h1-7H,9,18H2,(H2,17,19);2-5H,1H3,(H,8,9,10). The first kappa shape index (κ1) is 22.6. The monoisotopic (exact) mass is 451 g/mol. The summed E-state index contributed by atoms with van der Waals surface area (Å²) >= 11 is 0. The van der Waals surface area contributed by atoms with Crippen LogP contribution in [0.2, 0.25) is 0 Å².